The molecule has 5 atom stereocenters. The summed E-state index contributed by atoms with van der Waals surface area (Å²) in [7, 11) is 0. The van der Waals surface area contributed by atoms with E-state index in [9.17, 15) is 14.7 Å². The average molecular weight is 618 g/mol. The van der Waals surface area contributed by atoms with Gasteiger partial charge in [-0.1, -0.05) is 17.0 Å². The van der Waals surface area contributed by atoms with Crippen molar-refractivity contribution in [3.05, 3.63) is 59.8 Å². The van der Waals surface area contributed by atoms with E-state index in [2.05, 4.69) is 32.2 Å². The molecular formula is C34H43N5O6. The van der Waals surface area contributed by atoms with Gasteiger partial charge in [-0.25, -0.2) is 9.78 Å². The molecule has 2 aliphatic rings. The fourth-order valence-corrected chi connectivity index (χ4v) is 5.91. The van der Waals surface area contributed by atoms with Gasteiger partial charge in [-0.2, -0.15) is 0 Å². The van der Waals surface area contributed by atoms with E-state index < -0.39 is 23.8 Å². The van der Waals surface area contributed by atoms with Gasteiger partial charge in [0.1, 0.15) is 23.2 Å². The van der Waals surface area contributed by atoms with Crippen molar-refractivity contribution in [2.45, 2.75) is 65.2 Å². The minimum atomic E-state index is -0.819. The summed E-state index contributed by atoms with van der Waals surface area (Å²) in [4.78, 5) is 30.7. The summed E-state index contributed by atoms with van der Waals surface area (Å²) in [5.74, 6) is 9.39. The lowest BCUT2D eigenvalue weighted by Crippen LogP contribution is -2.36. The van der Waals surface area contributed by atoms with Crippen LogP contribution in [0.25, 0.3) is 11.3 Å². The molecule has 1 aliphatic heterocycles. The summed E-state index contributed by atoms with van der Waals surface area (Å²) < 4.78 is 17.9. The van der Waals surface area contributed by atoms with Crippen LogP contribution in [0, 0.1) is 29.6 Å². The highest BCUT2D eigenvalue weighted by Crippen LogP contribution is 2.51. The SMILES string of the molecule is CCOC(=O)CCCN1C[C@@H]2[C@@H](C#Cc3ccc(-c4cc([C@@H](CNC(=O)OC(C)(C)C)n5ccnc5[C@H](C)O)no4)cc3)[C@@H]2C1. The van der Waals surface area contributed by atoms with Crippen molar-refractivity contribution in [3.8, 4) is 23.2 Å². The van der Waals surface area contributed by atoms with Gasteiger partial charge < -0.3 is 33.9 Å². The minimum absolute atomic E-state index is 0.113. The summed E-state index contributed by atoms with van der Waals surface area (Å²) in [6.07, 6.45) is 3.29. The lowest BCUT2D eigenvalue weighted by molar-refractivity contribution is -0.143. The average Bonchev–Trinajstić information content (AvgIpc) is 3.48. The fourth-order valence-electron chi connectivity index (χ4n) is 5.91. The first-order valence-electron chi connectivity index (χ1n) is 15.7. The minimum Gasteiger partial charge on any atom is -0.466 e. The van der Waals surface area contributed by atoms with Crippen molar-refractivity contribution < 1.29 is 28.7 Å². The molecule has 1 amide bonds. The van der Waals surface area contributed by atoms with Gasteiger partial charge >= 0.3 is 12.1 Å². The largest absolute Gasteiger partial charge is 0.466 e. The lowest BCUT2D eigenvalue weighted by atomic mass is 10.1. The van der Waals surface area contributed by atoms with Gasteiger partial charge in [0, 0.05) is 61.6 Å². The zero-order valence-corrected chi connectivity index (χ0v) is 26.7. The molecule has 3 aromatic rings. The lowest BCUT2D eigenvalue weighted by Gasteiger charge is -2.23. The van der Waals surface area contributed by atoms with Gasteiger partial charge in [0.05, 0.1) is 12.6 Å². The summed E-state index contributed by atoms with van der Waals surface area (Å²) in [6, 6.07) is 9.22. The number of aromatic nitrogens is 3. The first-order valence-corrected chi connectivity index (χ1v) is 15.7. The molecule has 1 saturated heterocycles. The van der Waals surface area contributed by atoms with Gasteiger partial charge in [0.2, 0.25) is 0 Å². The number of ether oxygens (including phenoxy) is 2. The summed E-state index contributed by atoms with van der Waals surface area (Å²) in [5.41, 5.74) is 1.72. The molecule has 0 unspecified atom stereocenters. The number of piperidine rings is 1. The van der Waals surface area contributed by atoms with Crippen LogP contribution in [0.2, 0.25) is 0 Å². The molecule has 1 aromatic carbocycles. The number of alkyl carbamates (subject to hydrolysis) is 1. The molecule has 2 fully saturated rings. The van der Waals surface area contributed by atoms with Crippen LogP contribution >= 0.6 is 0 Å². The predicted molar refractivity (Wildman–Crippen MR) is 167 cm³/mol. The Morgan fingerprint density at radius 2 is 1.93 bits per heavy atom. The van der Waals surface area contributed by atoms with Crippen molar-refractivity contribution in [1.82, 2.24) is 24.9 Å². The second kappa shape index (κ2) is 13.9. The highest BCUT2D eigenvalue weighted by Gasteiger charge is 2.54. The Balaban J connectivity index is 1.19. The smallest absolute Gasteiger partial charge is 0.407 e. The van der Waals surface area contributed by atoms with E-state index in [1.165, 1.54) is 0 Å². The number of nitrogens with zero attached hydrogens (tertiary/aromatic N) is 4. The molecular weight excluding hydrogens is 574 g/mol. The van der Waals surface area contributed by atoms with E-state index in [1.807, 2.05) is 37.3 Å². The number of benzene rings is 1. The van der Waals surface area contributed by atoms with Crippen molar-refractivity contribution in [1.29, 1.82) is 0 Å². The van der Waals surface area contributed by atoms with E-state index >= 15 is 0 Å². The first-order chi connectivity index (χ1) is 21.5. The first kappa shape index (κ1) is 32.3. The molecule has 0 spiro atoms. The number of amides is 1. The van der Waals surface area contributed by atoms with Crippen LogP contribution in [0.3, 0.4) is 0 Å². The van der Waals surface area contributed by atoms with E-state index in [0.717, 1.165) is 37.2 Å². The van der Waals surface area contributed by atoms with E-state index in [4.69, 9.17) is 14.0 Å². The molecule has 240 valence electrons. The topological polar surface area (TPSA) is 132 Å². The predicted octanol–water partition coefficient (Wildman–Crippen LogP) is 4.58. The molecule has 1 saturated carbocycles. The number of aliphatic hydroxyl groups is 1. The summed E-state index contributed by atoms with van der Waals surface area (Å²) >= 11 is 0. The quantitative estimate of drug-likeness (QED) is 0.234. The van der Waals surface area contributed by atoms with Gasteiger partial charge in [0.25, 0.3) is 0 Å². The van der Waals surface area contributed by atoms with Crippen molar-refractivity contribution in [2.24, 2.45) is 17.8 Å². The third kappa shape index (κ3) is 8.32. The Kier molecular flexibility index (Phi) is 9.95. The molecule has 1 aliphatic carbocycles. The number of aliphatic hydroxyl groups excluding tert-OH is 1. The van der Waals surface area contributed by atoms with E-state index in [1.54, 1.807) is 44.7 Å². The third-order valence-electron chi connectivity index (χ3n) is 8.10. The van der Waals surface area contributed by atoms with Gasteiger partial charge in [0.15, 0.2) is 5.76 Å². The maximum atomic E-state index is 12.4. The monoisotopic (exact) mass is 617 g/mol. The number of hydrogen-bond acceptors (Lipinski definition) is 9. The Morgan fingerprint density at radius 1 is 1.20 bits per heavy atom. The highest BCUT2D eigenvalue weighted by atomic mass is 16.6. The molecule has 0 radical (unpaired) electrons. The standard InChI is InChI=1S/C34H43N5O6/c1-6-43-31(41)8-7-16-38-20-26-25(27(26)21-38)14-11-23-9-12-24(13-10-23)30-18-28(37-45-30)29(19-36-33(42)44-34(3,4)5)39-17-15-35-32(39)22(2)40/h9-10,12-13,15,17-18,22,25-27,29,40H,6-8,16,19-21H2,1-5H3,(H,36,42)/t22-,25-,26-,27+,29+/m0/s1. The van der Waals surface area contributed by atoms with Crippen LogP contribution in [0.4, 0.5) is 4.79 Å². The molecule has 11 nitrogen and oxygen atoms in total. The summed E-state index contributed by atoms with van der Waals surface area (Å²) in [6.45, 7) is 12.5. The second-order valence-corrected chi connectivity index (χ2v) is 12.8. The zero-order chi connectivity index (χ0) is 32.1. The van der Waals surface area contributed by atoms with Crippen LogP contribution in [-0.4, -0.2) is 75.2 Å². The second-order valence-electron chi connectivity index (χ2n) is 12.8. The number of rotatable bonds is 11. The van der Waals surface area contributed by atoms with Crippen LogP contribution in [-0.2, 0) is 14.3 Å². The van der Waals surface area contributed by atoms with Crippen molar-refractivity contribution in [3.63, 3.8) is 0 Å². The number of fused-ring (bicyclic) bond motifs is 1. The maximum absolute atomic E-state index is 12.4. The number of esters is 1. The number of nitrogens with one attached hydrogen (secondary N) is 1. The van der Waals surface area contributed by atoms with E-state index in [-0.39, 0.29) is 12.5 Å². The summed E-state index contributed by atoms with van der Waals surface area (Å²) in [5, 5.41) is 17.4. The highest BCUT2D eigenvalue weighted by molar-refractivity contribution is 5.69. The zero-order valence-electron chi connectivity index (χ0n) is 26.7. The molecule has 11 heteroatoms. The van der Waals surface area contributed by atoms with Crippen LogP contribution in [0.1, 0.15) is 76.7 Å². The normalized spacial score (nSPS) is 20.4. The van der Waals surface area contributed by atoms with E-state index in [0.29, 0.717) is 48.1 Å². The van der Waals surface area contributed by atoms with Crippen LogP contribution in [0.15, 0.2) is 47.2 Å². The van der Waals surface area contributed by atoms with Crippen LogP contribution < -0.4 is 5.32 Å². The Morgan fingerprint density at radius 3 is 2.60 bits per heavy atom. The van der Waals surface area contributed by atoms with Crippen molar-refractivity contribution >= 4 is 12.1 Å². The molecule has 2 aromatic heterocycles. The number of carbonyl (C=O) groups is 2. The van der Waals surface area contributed by atoms with Gasteiger partial charge in [-0.05, 0) is 83.7 Å². The molecule has 45 heavy (non-hydrogen) atoms. The maximum Gasteiger partial charge on any atom is 0.407 e. The molecule has 2 N–H and O–H groups in total. The van der Waals surface area contributed by atoms with Crippen LogP contribution in [0.5, 0.6) is 0 Å². The molecule has 5 rings (SSSR count). The number of likely N-dealkylation sites (tertiary alicyclic amines) is 1. The van der Waals surface area contributed by atoms with Gasteiger partial charge in [-0.15, -0.1) is 0 Å². The number of hydrogen-bond donors (Lipinski definition) is 2. The third-order valence-corrected chi connectivity index (χ3v) is 8.10. The Labute approximate surface area is 264 Å². The Hall–Kier alpha value is -4.14. The molecule has 3 heterocycles. The van der Waals surface area contributed by atoms with Gasteiger partial charge in [-0.3, -0.25) is 4.79 Å². The van der Waals surface area contributed by atoms with Crippen molar-refractivity contribution in [2.75, 3.05) is 32.8 Å². The number of carbonyl (C=O) groups excluding carboxylic acids is 2. The molecule has 0 bridgehead atoms. The fraction of sp³-hybridized carbons (Fsp3) is 0.529. The Bertz CT molecular complexity index is 1510. The number of imidazole rings is 1.